The van der Waals surface area contributed by atoms with Crippen molar-refractivity contribution >= 4 is 11.6 Å². The molecule has 0 aliphatic carbocycles. The van der Waals surface area contributed by atoms with Crippen molar-refractivity contribution in [1.29, 1.82) is 0 Å². The molecular weight excluding hydrogens is 417 g/mol. The maximum absolute atomic E-state index is 13.8. The fourth-order valence-corrected chi connectivity index (χ4v) is 4.48. The van der Waals surface area contributed by atoms with Crippen LogP contribution in [0, 0.1) is 11.8 Å². The lowest BCUT2D eigenvalue weighted by molar-refractivity contribution is -0.137. The number of likely N-dealkylation sites (N-methyl/N-ethyl adjacent to an activating group) is 1. The van der Waals surface area contributed by atoms with E-state index in [1.165, 1.54) is 12.1 Å². The van der Waals surface area contributed by atoms with E-state index in [9.17, 15) is 18.0 Å². The molecule has 4 nitrogen and oxygen atoms in total. The molecule has 32 heavy (non-hydrogen) atoms. The number of carbonyl (C=O) groups is 1. The van der Waals surface area contributed by atoms with Gasteiger partial charge in [-0.05, 0) is 73.8 Å². The van der Waals surface area contributed by atoms with E-state index in [1.807, 2.05) is 57.1 Å². The summed E-state index contributed by atoms with van der Waals surface area (Å²) in [5.74, 6) is 0.0866. The first kappa shape index (κ1) is 24.1. The largest absolute Gasteiger partial charge is 0.497 e. The van der Waals surface area contributed by atoms with Gasteiger partial charge in [0.2, 0.25) is 5.91 Å². The van der Waals surface area contributed by atoms with Crippen molar-refractivity contribution in [2.24, 2.45) is 11.8 Å². The number of fused-ring (bicyclic) bond motifs is 1. The Labute approximate surface area is 188 Å². The monoisotopic (exact) mass is 448 g/mol. The van der Waals surface area contributed by atoms with Crippen LogP contribution in [0.4, 0.5) is 18.9 Å². The molecule has 174 valence electrons. The molecule has 0 bridgehead atoms. The Morgan fingerprint density at radius 1 is 1.12 bits per heavy atom. The number of amides is 1. The third-order valence-corrected chi connectivity index (χ3v) is 6.16. The zero-order valence-electron chi connectivity index (χ0n) is 19.2. The van der Waals surface area contributed by atoms with Gasteiger partial charge in [0.15, 0.2) is 0 Å². The Hall–Kier alpha value is -2.54. The van der Waals surface area contributed by atoms with Gasteiger partial charge in [-0.25, -0.2) is 0 Å². The summed E-state index contributed by atoms with van der Waals surface area (Å²) in [6, 6.07) is 11.2. The van der Waals surface area contributed by atoms with Gasteiger partial charge in [-0.1, -0.05) is 26.0 Å². The summed E-state index contributed by atoms with van der Waals surface area (Å²) < 4.78 is 45.7. The molecule has 1 aliphatic heterocycles. The van der Waals surface area contributed by atoms with Crippen molar-refractivity contribution in [3.05, 3.63) is 59.2 Å². The first-order valence-electron chi connectivity index (χ1n) is 10.8. The minimum Gasteiger partial charge on any atom is -0.497 e. The molecule has 2 atom stereocenters. The molecule has 1 heterocycles. The van der Waals surface area contributed by atoms with Crippen molar-refractivity contribution in [3.8, 4) is 5.75 Å². The molecule has 2 unspecified atom stereocenters. The molecule has 1 aliphatic rings. The highest BCUT2D eigenvalue weighted by molar-refractivity contribution is 5.97. The fraction of sp³-hybridized carbons (Fsp3) is 0.480. The van der Waals surface area contributed by atoms with Crippen molar-refractivity contribution in [2.75, 3.05) is 39.2 Å². The molecule has 1 amide bonds. The third kappa shape index (κ3) is 5.09. The number of hydrogen-bond donors (Lipinski definition) is 0. The Balaban J connectivity index is 2.15. The Kier molecular flexibility index (Phi) is 7.18. The summed E-state index contributed by atoms with van der Waals surface area (Å²) in [6.45, 7) is 5.04. The lowest BCUT2D eigenvalue weighted by Crippen LogP contribution is -2.42. The second kappa shape index (κ2) is 9.53. The minimum atomic E-state index is -4.44. The van der Waals surface area contributed by atoms with E-state index >= 15 is 0 Å². The van der Waals surface area contributed by atoms with Crippen LogP contribution in [0.25, 0.3) is 0 Å². The van der Waals surface area contributed by atoms with Gasteiger partial charge < -0.3 is 14.5 Å². The van der Waals surface area contributed by atoms with Crippen LogP contribution in [0.3, 0.4) is 0 Å². The standard InChI is InChI=1S/C25H31F3N2O2/c1-16(2)23-21(17-6-9-20(32-5)10-7-17)15-18-14-19(25(26,27)28)8-11-22(18)30(24(23)31)13-12-29(3)4/h6-11,14,16,21,23H,12-13,15H2,1-5H3. The van der Waals surface area contributed by atoms with E-state index in [1.54, 1.807) is 12.0 Å². The Bertz CT molecular complexity index is 939. The second-order valence-corrected chi connectivity index (χ2v) is 8.99. The van der Waals surface area contributed by atoms with E-state index in [0.29, 0.717) is 36.5 Å². The number of halogens is 3. The highest BCUT2D eigenvalue weighted by Gasteiger charge is 2.40. The summed E-state index contributed by atoms with van der Waals surface area (Å²) in [4.78, 5) is 17.5. The predicted molar refractivity (Wildman–Crippen MR) is 120 cm³/mol. The lowest BCUT2D eigenvalue weighted by atomic mass is 9.76. The van der Waals surface area contributed by atoms with Crippen molar-refractivity contribution < 1.29 is 22.7 Å². The number of nitrogens with zero attached hydrogens (tertiary/aromatic N) is 2. The van der Waals surface area contributed by atoms with E-state index in [4.69, 9.17) is 4.74 Å². The Morgan fingerprint density at radius 2 is 1.78 bits per heavy atom. The number of rotatable bonds is 6. The van der Waals surface area contributed by atoms with E-state index in [-0.39, 0.29) is 23.7 Å². The van der Waals surface area contributed by atoms with Crippen molar-refractivity contribution in [3.63, 3.8) is 0 Å². The smallest absolute Gasteiger partial charge is 0.416 e. The average Bonchev–Trinajstić information content (AvgIpc) is 2.85. The topological polar surface area (TPSA) is 32.8 Å². The van der Waals surface area contributed by atoms with E-state index < -0.39 is 11.7 Å². The summed E-state index contributed by atoms with van der Waals surface area (Å²) in [5, 5.41) is 0. The molecule has 2 aromatic rings. The molecule has 0 aromatic heterocycles. The minimum absolute atomic E-state index is 0.0212. The number of hydrogen-bond acceptors (Lipinski definition) is 3. The second-order valence-electron chi connectivity index (χ2n) is 8.99. The summed E-state index contributed by atoms with van der Waals surface area (Å²) in [6.07, 6.45) is -4.08. The van der Waals surface area contributed by atoms with Crippen molar-refractivity contribution in [1.82, 2.24) is 4.90 Å². The molecule has 0 spiro atoms. The van der Waals surface area contributed by atoms with Gasteiger partial charge in [0.05, 0.1) is 12.7 Å². The van der Waals surface area contributed by atoms with Crippen LogP contribution in [0.5, 0.6) is 5.75 Å². The van der Waals surface area contributed by atoms with Crippen LogP contribution in [0.2, 0.25) is 0 Å². The molecule has 7 heteroatoms. The molecule has 0 N–H and O–H groups in total. The van der Waals surface area contributed by atoms with Crippen LogP contribution >= 0.6 is 0 Å². The van der Waals surface area contributed by atoms with E-state index in [2.05, 4.69) is 0 Å². The SMILES string of the molecule is COc1ccc(C2Cc3cc(C(F)(F)F)ccc3N(CCN(C)C)C(=O)C2C(C)C)cc1. The molecule has 3 rings (SSSR count). The third-order valence-electron chi connectivity index (χ3n) is 6.16. The Morgan fingerprint density at radius 3 is 2.31 bits per heavy atom. The predicted octanol–water partition coefficient (Wildman–Crippen LogP) is 5.22. The van der Waals surface area contributed by atoms with Crippen LogP contribution in [0.1, 0.15) is 36.5 Å². The van der Waals surface area contributed by atoms with Crippen LogP contribution in [-0.4, -0.2) is 45.1 Å². The highest BCUT2D eigenvalue weighted by atomic mass is 19.4. The first-order chi connectivity index (χ1) is 15.0. The summed E-state index contributed by atoms with van der Waals surface area (Å²) in [5.41, 5.74) is 1.37. The molecule has 0 fully saturated rings. The number of benzene rings is 2. The van der Waals surface area contributed by atoms with Crippen LogP contribution in [-0.2, 0) is 17.4 Å². The van der Waals surface area contributed by atoms with Gasteiger partial charge in [0, 0.05) is 24.7 Å². The van der Waals surface area contributed by atoms with Gasteiger partial charge >= 0.3 is 6.18 Å². The molecule has 0 saturated heterocycles. The van der Waals surface area contributed by atoms with Gasteiger partial charge in [0.25, 0.3) is 0 Å². The van der Waals surface area contributed by atoms with Crippen molar-refractivity contribution in [2.45, 2.75) is 32.4 Å². The van der Waals surface area contributed by atoms with Gasteiger partial charge in [-0.15, -0.1) is 0 Å². The summed E-state index contributed by atoms with van der Waals surface area (Å²) >= 11 is 0. The van der Waals surface area contributed by atoms with Crippen LogP contribution in [0.15, 0.2) is 42.5 Å². The zero-order valence-corrected chi connectivity index (χ0v) is 19.2. The average molecular weight is 449 g/mol. The number of methoxy groups -OCH3 is 1. The molecule has 2 aromatic carbocycles. The number of anilines is 1. The normalized spacial score (nSPS) is 19.3. The molecular formula is C25H31F3N2O2. The highest BCUT2D eigenvalue weighted by Crippen LogP contribution is 2.43. The van der Waals surface area contributed by atoms with Gasteiger partial charge in [-0.3, -0.25) is 4.79 Å². The van der Waals surface area contributed by atoms with Gasteiger partial charge in [-0.2, -0.15) is 13.2 Å². The van der Waals surface area contributed by atoms with E-state index in [0.717, 1.165) is 11.6 Å². The fourth-order valence-electron chi connectivity index (χ4n) is 4.48. The maximum Gasteiger partial charge on any atom is 0.416 e. The number of carbonyl (C=O) groups excluding carboxylic acids is 1. The van der Waals surface area contributed by atoms with Gasteiger partial charge in [0.1, 0.15) is 5.75 Å². The van der Waals surface area contributed by atoms with Crippen LogP contribution < -0.4 is 9.64 Å². The number of alkyl halides is 3. The quantitative estimate of drug-likeness (QED) is 0.607. The maximum atomic E-state index is 13.8. The molecule has 0 saturated carbocycles. The molecule has 0 radical (unpaired) electrons. The number of ether oxygens (including phenoxy) is 1. The summed E-state index contributed by atoms with van der Waals surface area (Å²) in [7, 11) is 5.41. The first-order valence-corrected chi connectivity index (χ1v) is 10.8. The zero-order chi connectivity index (χ0) is 23.6. The lowest BCUT2D eigenvalue weighted by Gasteiger charge is -2.31.